The zero-order valence-electron chi connectivity index (χ0n) is 15.1. The summed E-state index contributed by atoms with van der Waals surface area (Å²) >= 11 is 0. The van der Waals surface area contributed by atoms with Crippen molar-refractivity contribution in [3.05, 3.63) is 83.4 Å². The lowest BCUT2D eigenvalue weighted by Gasteiger charge is -2.27. The van der Waals surface area contributed by atoms with Gasteiger partial charge in [-0.15, -0.1) is 0 Å². The highest BCUT2D eigenvalue weighted by Crippen LogP contribution is 2.38. The van der Waals surface area contributed by atoms with E-state index in [4.69, 9.17) is 5.73 Å². The number of hydrogen-bond acceptors (Lipinski definition) is 3. The van der Waals surface area contributed by atoms with Gasteiger partial charge in [0, 0.05) is 0 Å². The van der Waals surface area contributed by atoms with Gasteiger partial charge < -0.3 is 5.73 Å². The van der Waals surface area contributed by atoms with Crippen molar-refractivity contribution in [3.8, 4) is 0 Å². The van der Waals surface area contributed by atoms with Crippen LogP contribution in [0.5, 0.6) is 0 Å². The number of nitrogens with zero attached hydrogens (tertiary/aromatic N) is 1. The molecular formula is C21H22N2O2S. The first-order valence-corrected chi connectivity index (χ1v) is 9.78. The Morgan fingerprint density at radius 3 is 2.04 bits per heavy atom. The molecule has 0 amide bonds. The van der Waals surface area contributed by atoms with Crippen LogP contribution < -0.4 is 10.0 Å². The minimum Gasteiger partial charge on any atom is -0.397 e. The van der Waals surface area contributed by atoms with Gasteiger partial charge in [-0.05, 0) is 62.2 Å². The van der Waals surface area contributed by atoms with Gasteiger partial charge in [-0.25, -0.2) is 12.7 Å². The number of benzene rings is 3. The molecule has 2 N–H and O–H groups in total. The normalized spacial score (nSPS) is 11.3. The van der Waals surface area contributed by atoms with Crippen molar-refractivity contribution < 1.29 is 8.42 Å². The molecule has 0 bridgehead atoms. The van der Waals surface area contributed by atoms with E-state index >= 15 is 0 Å². The molecule has 0 spiro atoms. The molecule has 3 aromatic rings. The highest BCUT2D eigenvalue weighted by Gasteiger charge is 2.29. The molecule has 0 atom stereocenters. The third kappa shape index (κ3) is 3.30. The minimum atomic E-state index is -3.83. The van der Waals surface area contributed by atoms with Crippen molar-refractivity contribution in [2.24, 2.45) is 0 Å². The van der Waals surface area contributed by atoms with E-state index in [1.165, 1.54) is 4.31 Å². The van der Waals surface area contributed by atoms with E-state index in [9.17, 15) is 8.42 Å². The van der Waals surface area contributed by atoms with E-state index in [0.717, 1.165) is 16.7 Å². The number of nitrogen functional groups attached to an aromatic ring is 1. The van der Waals surface area contributed by atoms with E-state index in [1.807, 2.05) is 39.0 Å². The SMILES string of the molecule is Cc1ccc(S(=O)(=O)N(c2cc(C)ccc2C)c2ccccc2N)cc1. The van der Waals surface area contributed by atoms with Gasteiger partial charge >= 0.3 is 0 Å². The Labute approximate surface area is 155 Å². The molecule has 0 aromatic heterocycles. The van der Waals surface area contributed by atoms with Crippen LogP contribution in [0.15, 0.2) is 71.6 Å². The van der Waals surface area contributed by atoms with Crippen molar-refractivity contribution in [2.75, 3.05) is 10.0 Å². The summed E-state index contributed by atoms with van der Waals surface area (Å²) in [7, 11) is -3.83. The van der Waals surface area contributed by atoms with Gasteiger partial charge in [0.05, 0.1) is 22.0 Å². The number of para-hydroxylation sites is 2. The molecule has 0 saturated carbocycles. The molecule has 0 fully saturated rings. The monoisotopic (exact) mass is 366 g/mol. The Morgan fingerprint density at radius 2 is 1.38 bits per heavy atom. The predicted molar refractivity (Wildman–Crippen MR) is 107 cm³/mol. The Hall–Kier alpha value is -2.79. The number of sulfonamides is 1. The van der Waals surface area contributed by atoms with Crippen LogP contribution in [0.2, 0.25) is 0 Å². The molecule has 0 unspecified atom stereocenters. The fourth-order valence-electron chi connectivity index (χ4n) is 2.82. The molecule has 26 heavy (non-hydrogen) atoms. The number of anilines is 3. The maximum Gasteiger partial charge on any atom is 0.268 e. The predicted octanol–water partition coefficient (Wildman–Crippen LogP) is 4.72. The smallest absolute Gasteiger partial charge is 0.268 e. The fourth-order valence-corrected chi connectivity index (χ4v) is 4.39. The lowest BCUT2D eigenvalue weighted by molar-refractivity contribution is 0.596. The van der Waals surface area contributed by atoms with Gasteiger partial charge in [-0.3, -0.25) is 0 Å². The summed E-state index contributed by atoms with van der Waals surface area (Å²) in [5.41, 5.74) is 10.4. The highest BCUT2D eigenvalue weighted by molar-refractivity contribution is 7.93. The van der Waals surface area contributed by atoms with Gasteiger partial charge in [-0.1, -0.05) is 42.0 Å². The van der Waals surface area contributed by atoms with Crippen molar-refractivity contribution in [1.29, 1.82) is 0 Å². The summed E-state index contributed by atoms with van der Waals surface area (Å²) in [6.45, 7) is 5.76. The van der Waals surface area contributed by atoms with E-state index in [1.54, 1.807) is 48.5 Å². The molecule has 4 nitrogen and oxygen atoms in total. The van der Waals surface area contributed by atoms with E-state index < -0.39 is 10.0 Å². The van der Waals surface area contributed by atoms with Crippen molar-refractivity contribution >= 4 is 27.1 Å². The van der Waals surface area contributed by atoms with Crippen LogP contribution in [-0.2, 0) is 10.0 Å². The zero-order chi connectivity index (χ0) is 18.9. The highest BCUT2D eigenvalue weighted by atomic mass is 32.2. The average Bonchev–Trinajstić information content (AvgIpc) is 2.60. The fraction of sp³-hybridized carbons (Fsp3) is 0.143. The van der Waals surface area contributed by atoms with Gasteiger partial charge in [0.2, 0.25) is 0 Å². The molecule has 3 rings (SSSR count). The lowest BCUT2D eigenvalue weighted by atomic mass is 10.1. The maximum atomic E-state index is 13.5. The average molecular weight is 366 g/mol. The van der Waals surface area contributed by atoms with Crippen molar-refractivity contribution in [2.45, 2.75) is 25.7 Å². The first kappa shape index (κ1) is 18.0. The molecule has 0 aliphatic carbocycles. The Morgan fingerprint density at radius 1 is 0.769 bits per heavy atom. The molecule has 0 heterocycles. The van der Waals surface area contributed by atoms with Crippen LogP contribution in [0.3, 0.4) is 0 Å². The largest absolute Gasteiger partial charge is 0.397 e. The summed E-state index contributed by atoms with van der Waals surface area (Å²) in [5.74, 6) is 0. The van der Waals surface area contributed by atoms with Crippen molar-refractivity contribution in [3.63, 3.8) is 0 Å². The summed E-state index contributed by atoms with van der Waals surface area (Å²) in [4.78, 5) is 0.229. The molecule has 134 valence electrons. The quantitative estimate of drug-likeness (QED) is 0.680. The molecule has 0 aliphatic rings. The van der Waals surface area contributed by atoms with Crippen LogP contribution in [-0.4, -0.2) is 8.42 Å². The van der Waals surface area contributed by atoms with E-state index in [0.29, 0.717) is 17.1 Å². The molecule has 0 radical (unpaired) electrons. The Bertz CT molecular complexity index is 1040. The second-order valence-corrected chi connectivity index (χ2v) is 8.22. The lowest BCUT2D eigenvalue weighted by Crippen LogP contribution is -2.27. The second-order valence-electron chi connectivity index (χ2n) is 6.43. The number of nitrogens with two attached hydrogens (primary N) is 1. The van der Waals surface area contributed by atoms with Crippen LogP contribution >= 0.6 is 0 Å². The number of aryl methyl sites for hydroxylation is 3. The zero-order valence-corrected chi connectivity index (χ0v) is 15.9. The first-order valence-electron chi connectivity index (χ1n) is 8.34. The summed E-state index contributed by atoms with van der Waals surface area (Å²) in [6, 6.07) is 19.6. The Kier molecular flexibility index (Phi) is 4.74. The number of rotatable bonds is 4. The van der Waals surface area contributed by atoms with Gasteiger partial charge in [0.25, 0.3) is 10.0 Å². The van der Waals surface area contributed by atoms with Gasteiger partial charge in [-0.2, -0.15) is 0 Å². The van der Waals surface area contributed by atoms with Crippen molar-refractivity contribution in [1.82, 2.24) is 0 Å². The van der Waals surface area contributed by atoms with Gasteiger partial charge in [0.1, 0.15) is 0 Å². The molecule has 0 saturated heterocycles. The Balaban J connectivity index is 2.29. The summed E-state index contributed by atoms with van der Waals surface area (Å²) in [5, 5.41) is 0. The maximum absolute atomic E-state index is 13.5. The van der Waals surface area contributed by atoms with Gasteiger partial charge in [0.15, 0.2) is 0 Å². The van der Waals surface area contributed by atoms with E-state index in [2.05, 4.69) is 0 Å². The number of hydrogen-bond donors (Lipinski definition) is 1. The van der Waals surface area contributed by atoms with Crippen LogP contribution in [0.1, 0.15) is 16.7 Å². The van der Waals surface area contributed by atoms with E-state index in [-0.39, 0.29) is 4.90 Å². The standard InChI is InChI=1S/C21H22N2O2S/c1-15-9-12-18(13-10-15)26(24,25)23(20-7-5-4-6-19(20)22)21-14-16(2)8-11-17(21)3/h4-14H,22H2,1-3H3. The van der Waals surface area contributed by atoms with Crippen LogP contribution in [0.4, 0.5) is 17.1 Å². The molecule has 0 aliphatic heterocycles. The molecule has 5 heteroatoms. The summed E-state index contributed by atoms with van der Waals surface area (Å²) < 4.78 is 28.4. The molecular weight excluding hydrogens is 344 g/mol. The topological polar surface area (TPSA) is 63.4 Å². The minimum absolute atomic E-state index is 0.229. The molecule has 3 aromatic carbocycles. The van der Waals surface area contributed by atoms with Crippen LogP contribution in [0.25, 0.3) is 0 Å². The third-order valence-electron chi connectivity index (χ3n) is 4.30. The first-order chi connectivity index (χ1) is 12.3. The summed E-state index contributed by atoms with van der Waals surface area (Å²) in [6.07, 6.45) is 0. The second kappa shape index (κ2) is 6.84. The third-order valence-corrected chi connectivity index (χ3v) is 6.04. The van der Waals surface area contributed by atoms with Crippen LogP contribution in [0, 0.1) is 20.8 Å².